The van der Waals surface area contributed by atoms with Gasteiger partial charge in [0.1, 0.15) is 0 Å². The Morgan fingerprint density at radius 2 is 1.74 bits per heavy atom. The van der Waals surface area contributed by atoms with E-state index in [1.54, 1.807) is 0 Å². The van der Waals surface area contributed by atoms with Gasteiger partial charge in [-0.1, -0.05) is 13.3 Å². The summed E-state index contributed by atoms with van der Waals surface area (Å²) in [5.74, 6) is 0.411. The standard InChI is InChI=1S/C16H23O7/c1-5-6-7-21-8-9-22-23-16(17)12-10-13(18-2)15(20-4)14(11-12)19-3/h9-11H,5-8H2,1-4H3. The first-order valence-corrected chi connectivity index (χ1v) is 7.25. The highest BCUT2D eigenvalue weighted by atomic mass is 17.2. The Balaban J connectivity index is 2.56. The molecule has 1 aromatic carbocycles. The maximum atomic E-state index is 12.0. The molecule has 23 heavy (non-hydrogen) atoms. The van der Waals surface area contributed by atoms with E-state index in [4.69, 9.17) is 23.8 Å². The molecule has 1 aromatic rings. The quantitative estimate of drug-likeness (QED) is 0.351. The van der Waals surface area contributed by atoms with E-state index >= 15 is 0 Å². The van der Waals surface area contributed by atoms with Gasteiger partial charge in [0.25, 0.3) is 0 Å². The van der Waals surface area contributed by atoms with Crippen LogP contribution in [-0.2, 0) is 14.5 Å². The van der Waals surface area contributed by atoms with Crippen molar-refractivity contribution in [1.29, 1.82) is 0 Å². The summed E-state index contributed by atoms with van der Waals surface area (Å²) in [6.07, 6.45) is 2.02. The van der Waals surface area contributed by atoms with Crippen LogP contribution in [0.4, 0.5) is 0 Å². The van der Waals surface area contributed by atoms with E-state index in [1.807, 2.05) is 0 Å². The zero-order chi connectivity index (χ0) is 17.1. The average Bonchev–Trinajstić information content (AvgIpc) is 2.59. The lowest BCUT2D eigenvalue weighted by atomic mass is 10.2. The summed E-state index contributed by atoms with van der Waals surface area (Å²) in [4.78, 5) is 21.4. The molecule has 7 nitrogen and oxygen atoms in total. The third-order valence-electron chi connectivity index (χ3n) is 2.92. The van der Waals surface area contributed by atoms with Gasteiger partial charge in [-0.2, -0.15) is 4.89 Å². The van der Waals surface area contributed by atoms with E-state index < -0.39 is 5.97 Å². The fraction of sp³-hybridized carbons (Fsp3) is 0.500. The van der Waals surface area contributed by atoms with Crippen molar-refractivity contribution in [1.82, 2.24) is 0 Å². The Morgan fingerprint density at radius 3 is 2.26 bits per heavy atom. The highest BCUT2D eigenvalue weighted by Gasteiger charge is 2.18. The minimum absolute atomic E-state index is 0.208. The van der Waals surface area contributed by atoms with Crippen molar-refractivity contribution < 1.29 is 33.5 Å². The van der Waals surface area contributed by atoms with Gasteiger partial charge in [0.05, 0.1) is 33.5 Å². The Kier molecular flexibility index (Phi) is 8.86. The zero-order valence-electron chi connectivity index (χ0n) is 13.9. The Labute approximate surface area is 136 Å². The van der Waals surface area contributed by atoms with Gasteiger partial charge in [-0.3, -0.25) is 4.89 Å². The second-order valence-electron chi connectivity index (χ2n) is 4.48. The first-order chi connectivity index (χ1) is 11.2. The lowest BCUT2D eigenvalue weighted by Gasteiger charge is -2.13. The van der Waals surface area contributed by atoms with Crippen LogP contribution in [-0.4, -0.2) is 40.5 Å². The summed E-state index contributed by atoms with van der Waals surface area (Å²) in [7, 11) is 4.41. The highest BCUT2D eigenvalue weighted by molar-refractivity contribution is 5.90. The van der Waals surface area contributed by atoms with Crippen LogP contribution in [0.5, 0.6) is 17.2 Å². The predicted octanol–water partition coefficient (Wildman–Crippen LogP) is 2.78. The van der Waals surface area contributed by atoms with Crippen molar-refractivity contribution in [2.24, 2.45) is 0 Å². The zero-order valence-corrected chi connectivity index (χ0v) is 13.9. The lowest BCUT2D eigenvalue weighted by Crippen LogP contribution is -2.08. The van der Waals surface area contributed by atoms with Crippen LogP contribution in [0.2, 0.25) is 0 Å². The molecule has 0 aliphatic heterocycles. The smallest absolute Gasteiger partial charge is 0.373 e. The van der Waals surface area contributed by atoms with Crippen LogP contribution in [0.3, 0.4) is 0 Å². The SMILES string of the molecule is CCCCOC[CH]OOC(=O)c1cc(OC)c(OC)c(OC)c1. The molecule has 7 heteroatoms. The molecule has 0 aliphatic carbocycles. The van der Waals surface area contributed by atoms with E-state index in [0.717, 1.165) is 12.8 Å². The van der Waals surface area contributed by atoms with Gasteiger partial charge in [0, 0.05) is 6.61 Å². The van der Waals surface area contributed by atoms with Crippen LogP contribution in [0.25, 0.3) is 0 Å². The minimum atomic E-state index is -0.686. The Morgan fingerprint density at radius 1 is 1.09 bits per heavy atom. The number of rotatable bonds is 11. The largest absolute Gasteiger partial charge is 0.493 e. The van der Waals surface area contributed by atoms with Crippen molar-refractivity contribution in [3.8, 4) is 17.2 Å². The normalized spacial score (nSPS) is 10.3. The molecule has 0 fully saturated rings. The molecule has 0 saturated heterocycles. The van der Waals surface area contributed by atoms with Gasteiger partial charge >= 0.3 is 5.97 Å². The van der Waals surface area contributed by atoms with Crippen LogP contribution in [0, 0.1) is 6.61 Å². The molecule has 0 atom stereocenters. The van der Waals surface area contributed by atoms with Crippen LogP contribution < -0.4 is 14.2 Å². The fourth-order valence-electron chi connectivity index (χ4n) is 1.73. The van der Waals surface area contributed by atoms with E-state index in [-0.39, 0.29) is 12.2 Å². The number of benzene rings is 1. The third kappa shape index (κ3) is 5.96. The molecule has 0 spiro atoms. The molecule has 1 rings (SSSR count). The molecule has 0 saturated carbocycles. The van der Waals surface area contributed by atoms with Gasteiger partial charge in [-0.15, -0.1) is 0 Å². The Hall–Kier alpha value is -1.99. The number of methoxy groups -OCH3 is 3. The topological polar surface area (TPSA) is 72.5 Å². The second-order valence-corrected chi connectivity index (χ2v) is 4.48. The molecule has 0 unspecified atom stereocenters. The average molecular weight is 327 g/mol. The van der Waals surface area contributed by atoms with Gasteiger partial charge in [0.15, 0.2) is 18.1 Å². The summed E-state index contributed by atoms with van der Waals surface area (Å²) >= 11 is 0. The molecule has 1 radical (unpaired) electrons. The van der Waals surface area contributed by atoms with Crippen LogP contribution >= 0.6 is 0 Å². The van der Waals surface area contributed by atoms with E-state index in [2.05, 4.69) is 11.8 Å². The first kappa shape index (κ1) is 19.1. The van der Waals surface area contributed by atoms with Gasteiger partial charge in [0.2, 0.25) is 5.75 Å². The van der Waals surface area contributed by atoms with Gasteiger partial charge in [-0.25, -0.2) is 4.79 Å². The summed E-state index contributed by atoms with van der Waals surface area (Å²) in [6.45, 7) is 4.22. The molecule has 0 aromatic heterocycles. The van der Waals surface area contributed by atoms with E-state index in [9.17, 15) is 4.79 Å². The molecule has 0 N–H and O–H groups in total. The Bertz CT molecular complexity index is 462. The van der Waals surface area contributed by atoms with Crippen molar-refractivity contribution >= 4 is 5.97 Å². The molecule has 0 aliphatic rings. The highest BCUT2D eigenvalue weighted by Crippen LogP contribution is 2.38. The molecular formula is C16H23O7. The third-order valence-corrected chi connectivity index (χ3v) is 2.92. The van der Waals surface area contributed by atoms with Crippen molar-refractivity contribution in [3.63, 3.8) is 0 Å². The maximum Gasteiger partial charge on any atom is 0.373 e. The maximum absolute atomic E-state index is 12.0. The molecule has 0 amide bonds. The first-order valence-electron chi connectivity index (χ1n) is 7.25. The number of carbonyl (C=O) groups excluding carboxylic acids is 1. The summed E-state index contributed by atoms with van der Waals surface area (Å²) in [5, 5.41) is 0. The van der Waals surface area contributed by atoms with E-state index in [0.29, 0.717) is 23.9 Å². The molecular weight excluding hydrogens is 304 g/mol. The molecule has 0 bridgehead atoms. The number of hydrogen-bond donors (Lipinski definition) is 0. The van der Waals surface area contributed by atoms with Gasteiger partial charge < -0.3 is 18.9 Å². The second kappa shape index (κ2) is 10.7. The monoisotopic (exact) mass is 327 g/mol. The lowest BCUT2D eigenvalue weighted by molar-refractivity contribution is -0.218. The van der Waals surface area contributed by atoms with E-state index in [1.165, 1.54) is 40.1 Å². The number of unbranched alkanes of at least 4 members (excludes halogenated alkanes) is 1. The predicted molar refractivity (Wildman–Crippen MR) is 82.6 cm³/mol. The number of hydrogen-bond acceptors (Lipinski definition) is 7. The molecule has 129 valence electrons. The van der Waals surface area contributed by atoms with Crippen LogP contribution in [0.1, 0.15) is 30.1 Å². The fourth-order valence-corrected chi connectivity index (χ4v) is 1.73. The summed E-state index contributed by atoms with van der Waals surface area (Å²) in [6, 6.07) is 2.95. The van der Waals surface area contributed by atoms with Crippen molar-refractivity contribution in [2.75, 3.05) is 34.5 Å². The summed E-state index contributed by atoms with van der Waals surface area (Å²) < 4.78 is 20.8. The van der Waals surface area contributed by atoms with Crippen molar-refractivity contribution in [3.05, 3.63) is 24.3 Å². The minimum Gasteiger partial charge on any atom is -0.493 e. The number of ether oxygens (including phenoxy) is 4. The van der Waals surface area contributed by atoms with Crippen LogP contribution in [0.15, 0.2) is 12.1 Å². The van der Waals surface area contributed by atoms with Crippen molar-refractivity contribution in [2.45, 2.75) is 19.8 Å². The molecule has 0 heterocycles. The summed E-state index contributed by atoms with van der Waals surface area (Å²) in [5.41, 5.74) is 0.208. The number of carbonyl (C=O) groups is 1. The van der Waals surface area contributed by atoms with Gasteiger partial charge in [-0.05, 0) is 18.6 Å².